The molecule has 1 atom stereocenters. The van der Waals surface area contributed by atoms with E-state index in [1.165, 1.54) is 11.8 Å². The third-order valence-electron chi connectivity index (χ3n) is 5.41. The molecule has 1 N–H and O–H groups in total. The maximum Gasteiger partial charge on any atom is 0.237 e. The van der Waals surface area contributed by atoms with Crippen LogP contribution in [0, 0.1) is 11.3 Å². The molecule has 0 unspecified atom stereocenters. The highest BCUT2D eigenvalue weighted by atomic mass is 79.9. The normalized spacial score (nSPS) is 11.4. The van der Waals surface area contributed by atoms with Crippen LogP contribution in [0.1, 0.15) is 19.4 Å². The minimum absolute atomic E-state index is 0.166. The van der Waals surface area contributed by atoms with Crippen LogP contribution in [-0.2, 0) is 4.79 Å². The Morgan fingerprint density at radius 3 is 2.39 bits per heavy atom. The molecule has 180 valence electrons. The molecule has 5 nitrogen and oxygen atoms in total. The molecule has 7 heteroatoms. The molecule has 0 aliphatic rings. The van der Waals surface area contributed by atoms with E-state index < -0.39 is 5.25 Å². The standard InChI is InChI=1S/C29H24BrN3O2S/c1-3-35-24-15-9-21(10-16-24)27-17-25(20-7-5-4-6-8-20)26(18-31)29(33-27)36-19(2)28(34)32-23-13-11-22(30)12-14-23/h4-17,19H,3H2,1-2H3,(H,32,34)/t19-/m0/s1. The predicted molar refractivity (Wildman–Crippen MR) is 149 cm³/mol. The zero-order valence-electron chi connectivity index (χ0n) is 19.9. The molecule has 4 rings (SSSR count). The van der Waals surface area contributed by atoms with Crippen LogP contribution in [0.4, 0.5) is 5.69 Å². The van der Waals surface area contributed by atoms with Crippen molar-refractivity contribution >= 4 is 39.3 Å². The quantitative estimate of drug-likeness (QED) is 0.226. The molecule has 0 bridgehead atoms. The fourth-order valence-electron chi connectivity index (χ4n) is 3.59. The topological polar surface area (TPSA) is 75.0 Å². The molecule has 1 aromatic heterocycles. The largest absolute Gasteiger partial charge is 0.494 e. The van der Waals surface area contributed by atoms with Crippen molar-refractivity contribution < 1.29 is 9.53 Å². The Morgan fingerprint density at radius 1 is 1.06 bits per heavy atom. The van der Waals surface area contributed by atoms with Gasteiger partial charge in [0, 0.05) is 21.3 Å². The number of thioether (sulfide) groups is 1. The molecule has 0 saturated heterocycles. The molecule has 4 aromatic rings. The van der Waals surface area contributed by atoms with Crippen molar-refractivity contribution in [3.63, 3.8) is 0 Å². The number of carbonyl (C=O) groups excluding carboxylic acids is 1. The van der Waals surface area contributed by atoms with E-state index in [-0.39, 0.29) is 5.91 Å². The number of amides is 1. The van der Waals surface area contributed by atoms with Crippen LogP contribution in [0.2, 0.25) is 0 Å². The van der Waals surface area contributed by atoms with Crippen LogP contribution in [-0.4, -0.2) is 22.7 Å². The maximum absolute atomic E-state index is 12.9. The number of anilines is 1. The minimum atomic E-state index is -0.479. The van der Waals surface area contributed by atoms with Crippen LogP contribution in [0.15, 0.2) is 94.4 Å². The number of hydrogen-bond donors (Lipinski definition) is 1. The lowest BCUT2D eigenvalue weighted by molar-refractivity contribution is -0.115. The summed E-state index contributed by atoms with van der Waals surface area (Å²) in [7, 11) is 0. The highest BCUT2D eigenvalue weighted by Crippen LogP contribution is 2.36. The van der Waals surface area contributed by atoms with Gasteiger partial charge in [0.05, 0.1) is 23.1 Å². The van der Waals surface area contributed by atoms with E-state index >= 15 is 0 Å². The SMILES string of the molecule is CCOc1ccc(-c2cc(-c3ccccc3)c(C#N)c(S[C@@H](C)C(=O)Nc3ccc(Br)cc3)n2)cc1. The van der Waals surface area contributed by atoms with Crippen LogP contribution >= 0.6 is 27.7 Å². The van der Waals surface area contributed by atoms with Crippen LogP contribution in [0.3, 0.4) is 0 Å². The fourth-order valence-corrected chi connectivity index (χ4v) is 4.78. The minimum Gasteiger partial charge on any atom is -0.494 e. The second kappa shape index (κ2) is 11.9. The lowest BCUT2D eigenvalue weighted by Crippen LogP contribution is -2.22. The van der Waals surface area contributed by atoms with Gasteiger partial charge in [-0.2, -0.15) is 5.26 Å². The summed E-state index contributed by atoms with van der Waals surface area (Å²) in [6.07, 6.45) is 0. The molecule has 0 spiro atoms. The summed E-state index contributed by atoms with van der Waals surface area (Å²) in [5, 5.41) is 13.1. The zero-order valence-corrected chi connectivity index (χ0v) is 22.3. The lowest BCUT2D eigenvalue weighted by atomic mass is 9.99. The Morgan fingerprint density at radius 2 is 1.75 bits per heavy atom. The van der Waals surface area contributed by atoms with Crippen molar-refractivity contribution in [2.75, 3.05) is 11.9 Å². The van der Waals surface area contributed by atoms with Gasteiger partial charge in [0.25, 0.3) is 0 Å². The van der Waals surface area contributed by atoms with Crippen molar-refractivity contribution in [3.8, 4) is 34.2 Å². The van der Waals surface area contributed by atoms with Gasteiger partial charge in [-0.25, -0.2) is 4.98 Å². The molecule has 0 aliphatic heterocycles. The summed E-state index contributed by atoms with van der Waals surface area (Å²) in [6.45, 7) is 4.35. The summed E-state index contributed by atoms with van der Waals surface area (Å²) in [5.41, 5.74) is 4.46. The van der Waals surface area contributed by atoms with Crippen LogP contribution in [0.25, 0.3) is 22.4 Å². The van der Waals surface area contributed by atoms with E-state index in [2.05, 4.69) is 27.3 Å². The zero-order chi connectivity index (χ0) is 25.5. The van der Waals surface area contributed by atoms with Crippen molar-refractivity contribution in [2.45, 2.75) is 24.1 Å². The first-order valence-electron chi connectivity index (χ1n) is 11.5. The van der Waals surface area contributed by atoms with Gasteiger partial charge in [0.2, 0.25) is 5.91 Å². The average Bonchev–Trinajstić information content (AvgIpc) is 2.90. The first kappa shape index (κ1) is 25.5. The van der Waals surface area contributed by atoms with Crippen molar-refractivity contribution in [1.82, 2.24) is 4.98 Å². The number of hydrogen-bond acceptors (Lipinski definition) is 5. The van der Waals surface area contributed by atoms with Crippen molar-refractivity contribution in [2.24, 2.45) is 0 Å². The Bertz CT molecular complexity index is 1390. The number of rotatable bonds is 8. The number of nitrogens with one attached hydrogen (secondary N) is 1. The molecule has 1 amide bonds. The number of aromatic nitrogens is 1. The predicted octanol–water partition coefficient (Wildman–Crippen LogP) is 7.57. The molecule has 36 heavy (non-hydrogen) atoms. The van der Waals surface area contributed by atoms with E-state index in [4.69, 9.17) is 9.72 Å². The summed E-state index contributed by atoms with van der Waals surface area (Å²) in [4.78, 5) is 17.8. The first-order chi connectivity index (χ1) is 17.5. The van der Waals surface area contributed by atoms with E-state index in [1.54, 1.807) is 0 Å². The number of benzene rings is 3. The Labute approximate surface area is 223 Å². The van der Waals surface area contributed by atoms with Gasteiger partial charge in [-0.05, 0) is 74.0 Å². The van der Waals surface area contributed by atoms with Gasteiger partial charge < -0.3 is 10.1 Å². The smallest absolute Gasteiger partial charge is 0.237 e. The summed E-state index contributed by atoms with van der Waals surface area (Å²) >= 11 is 4.68. The summed E-state index contributed by atoms with van der Waals surface area (Å²) in [6, 6.07) is 29.1. The van der Waals surface area contributed by atoms with Crippen molar-refractivity contribution in [3.05, 3.63) is 95.0 Å². The maximum atomic E-state index is 12.9. The molecular formula is C29H24BrN3O2S. The van der Waals surface area contributed by atoms with Gasteiger partial charge >= 0.3 is 0 Å². The van der Waals surface area contributed by atoms with Gasteiger partial charge in [0.15, 0.2) is 0 Å². The molecular weight excluding hydrogens is 534 g/mol. The van der Waals surface area contributed by atoms with Gasteiger partial charge in [-0.3, -0.25) is 4.79 Å². The Hall–Kier alpha value is -3.60. The van der Waals surface area contributed by atoms with Crippen molar-refractivity contribution in [1.29, 1.82) is 5.26 Å². The van der Waals surface area contributed by atoms with Gasteiger partial charge in [-0.1, -0.05) is 58.0 Å². The first-order valence-corrected chi connectivity index (χ1v) is 13.1. The van der Waals surface area contributed by atoms with E-state index in [9.17, 15) is 10.1 Å². The number of nitriles is 1. The molecule has 0 radical (unpaired) electrons. The third-order valence-corrected chi connectivity index (χ3v) is 7.03. The number of carbonyl (C=O) groups is 1. The second-order valence-electron chi connectivity index (χ2n) is 7.93. The van der Waals surface area contributed by atoms with E-state index in [0.29, 0.717) is 22.9 Å². The number of ether oxygens (including phenoxy) is 1. The Balaban J connectivity index is 1.71. The van der Waals surface area contributed by atoms with Gasteiger partial charge in [-0.15, -0.1) is 0 Å². The Kier molecular flexibility index (Phi) is 8.42. The molecule has 3 aromatic carbocycles. The number of halogens is 1. The van der Waals surface area contributed by atoms with E-state index in [0.717, 1.165) is 32.6 Å². The van der Waals surface area contributed by atoms with Gasteiger partial charge in [0.1, 0.15) is 16.8 Å². The molecule has 0 aliphatic carbocycles. The fraction of sp³-hybridized carbons (Fsp3) is 0.138. The third kappa shape index (κ3) is 6.14. The second-order valence-corrected chi connectivity index (χ2v) is 10.2. The highest BCUT2D eigenvalue weighted by Gasteiger charge is 2.21. The van der Waals surface area contributed by atoms with Crippen LogP contribution < -0.4 is 10.1 Å². The lowest BCUT2D eigenvalue weighted by Gasteiger charge is -2.16. The number of pyridine rings is 1. The average molecular weight is 559 g/mol. The molecule has 0 saturated carbocycles. The van der Waals surface area contributed by atoms with E-state index in [1.807, 2.05) is 98.8 Å². The molecule has 0 fully saturated rings. The highest BCUT2D eigenvalue weighted by molar-refractivity contribution is 9.10. The summed E-state index contributed by atoms with van der Waals surface area (Å²) in [5.74, 6) is 0.617. The summed E-state index contributed by atoms with van der Waals surface area (Å²) < 4.78 is 6.51. The van der Waals surface area contributed by atoms with Crippen LogP contribution in [0.5, 0.6) is 5.75 Å². The molecule has 1 heterocycles. The number of nitrogens with zero attached hydrogens (tertiary/aromatic N) is 2. The monoisotopic (exact) mass is 557 g/mol.